The number of nitrogens with zero attached hydrogens (tertiary/aromatic N) is 2. The third kappa shape index (κ3) is 6.27. The highest BCUT2D eigenvalue weighted by molar-refractivity contribution is 7.66. The zero-order valence-electron chi connectivity index (χ0n) is 15.9. The minimum Gasteiger partial charge on any atom is -0.387 e. The van der Waals surface area contributed by atoms with E-state index in [4.69, 9.17) is 25.2 Å². The van der Waals surface area contributed by atoms with E-state index in [2.05, 4.69) is 18.1 Å². The number of hydrogen-bond donors (Lipinski definition) is 7. The van der Waals surface area contributed by atoms with E-state index in [0.717, 1.165) is 6.20 Å². The molecule has 1 aliphatic rings. The van der Waals surface area contributed by atoms with Gasteiger partial charge in [-0.2, -0.15) is 13.6 Å². The van der Waals surface area contributed by atoms with Gasteiger partial charge >= 0.3 is 29.2 Å². The van der Waals surface area contributed by atoms with Gasteiger partial charge in [-0.1, -0.05) is 0 Å². The van der Waals surface area contributed by atoms with Gasteiger partial charge in [0.15, 0.2) is 11.8 Å². The van der Waals surface area contributed by atoms with Gasteiger partial charge < -0.3 is 40.3 Å². The minimum atomic E-state index is -5.80. The van der Waals surface area contributed by atoms with Gasteiger partial charge in [0.1, 0.15) is 24.7 Å². The van der Waals surface area contributed by atoms with E-state index in [1.807, 2.05) is 0 Å². The summed E-state index contributed by atoms with van der Waals surface area (Å²) in [6.45, 7) is -1.44. The first-order chi connectivity index (χ1) is 14.4. The van der Waals surface area contributed by atoms with Crippen LogP contribution in [-0.2, 0) is 31.6 Å². The number of rotatable bonds is 9. The molecule has 2 heterocycles. The zero-order valence-corrected chi connectivity index (χ0v) is 18.5. The molecule has 0 aliphatic carbocycles. The number of phosphoric ester groups is 1. The van der Waals surface area contributed by atoms with Gasteiger partial charge in [0.2, 0.25) is 0 Å². The average Bonchev–Trinajstić information content (AvgIpc) is 2.85. The van der Waals surface area contributed by atoms with E-state index >= 15 is 0 Å². The van der Waals surface area contributed by atoms with Crippen LogP contribution in [0.3, 0.4) is 0 Å². The summed E-state index contributed by atoms with van der Waals surface area (Å²) in [7, 11) is -17.0. The Morgan fingerprint density at radius 1 is 1.25 bits per heavy atom. The lowest BCUT2D eigenvalue weighted by molar-refractivity contribution is -0.121. The first-order valence-electron chi connectivity index (χ1n) is 8.16. The molecule has 0 saturated carbocycles. The summed E-state index contributed by atoms with van der Waals surface area (Å²) in [5.74, 6) is -0.169. The van der Waals surface area contributed by atoms with Crippen molar-refractivity contribution in [1.29, 1.82) is 0 Å². The normalized spacial score (nSPS) is 30.1. The van der Waals surface area contributed by atoms with Gasteiger partial charge in [0.05, 0.1) is 6.61 Å². The first-order valence-corrected chi connectivity index (χ1v) is 12.7. The van der Waals surface area contributed by atoms with Crippen LogP contribution < -0.4 is 11.4 Å². The zero-order chi connectivity index (χ0) is 24.7. The maximum atomic E-state index is 13.6. The number of phosphoric acid groups is 3. The molecule has 32 heavy (non-hydrogen) atoms. The highest BCUT2D eigenvalue weighted by Gasteiger charge is 2.57. The van der Waals surface area contributed by atoms with Gasteiger partial charge in [-0.05, 0) is 6.92 Å². The van der Waals surface area contributed by atoms with Gasteiger partial charge in [0.25, 0.3) is 0 Å². The summed E-state index contributed by atoms with van der Waals surface area (Å²) < 4.78 is 64.5. The molecule has 8 N–H and O–H groups in total. The molecule has 0 radical (unpaired) electrons. The summed E-state index contributed by atoms with van der Waals surface area (Å²) in [5, 5.41) is 20.7. The number of hydrogen-bond acceptors (Lipinski definition) is 12. The number of nitrogen functional groups attached to an aromatic ring is 1. The highest BCUT2D eigenvalue weighted by atomic mass is 31.3. The number of nitrogens with two attached hydrogens (primary N) is 1. The number of halogens is 1. The predicted molar refractivity (Wildman–Crippen MR) is 98.3 cm³/mol. The average molecular weight is 529 g/mol. The van der Waals surface area contributed by atoms with Crippen molar-refractivity contribution in [2.75, 3.05) is 19.0 Å². The predicted octanol–water partition coefficient (Wildman–Crippen LogP) is -1.56. The molecule has 1 fully saturated rings. The molecule has 1 aromatic heterocycles. The van der Waals surface area contributed by atoms with Crippen molar-refractivity contribution in [3.05, 3.63) is 22.2 Å². The molecule has 1 saturated heterocycles. The third-order valence-corrected chi connectivity index (χ3v) is 7.86. The number of aromatic nitrogens is 2. The van der Waals surface area contributed by atoms with Crippen LogP contribution in [0.5, 0.6) is 0 Å². The molecule has 0 amide bonds. The summed E-state index contributed by atoms with van der Waals surface area (Å²) in [6, 6.07) is 0. The summed E-state index contributed by atoms with van der Waals surface area (Å²) in [5.41, 5.74) is 1.85. The molecular weight excluding hydrogens is 510 g/mol. The minimum absolute atomic E-state index is 0.169. The van der Waals surface area contributed by atoms with Gasteiger partial charge in [-0.25, -0.2) is 22.9 Å². The van der Waals surface area contributed by atoms with Crippen molar-refractivity contribution in [3.8, 4) is 0 Å². The first kappa shape index (κ1) is 27.1. The Kier molecular flexibility index (Phi) is 7.87. The molecular formula is C11H19FN3O14P3. The van der Waals surface area contributed by atoms with E-state index in [0.29, 0.717) is 4.57 Å². The maximum Gasteiger partial charge on any atom is 0.490 e. The van der Waals surface area contributed by atoms with Crippen LogP contribution in [0.1, 0.15) is 11.8 Å². The molecule has 0 bridgehead atoms. The molecule has 21 heteroatoms. The van der Waals surface area contributed by atoms with Crippen LogP contribution >= 0.6 is 23.5 Å². The fourth-order valence-corrected chi connectivity index (χ4v) is 5.66. The smallest absolute Gasteiger partial charge is 0.387 e. The van der Waals surface area contributed by atoms with Crippen LogP contribution in [0, 0.1) is 6.92 Å². The SMILES string of the molecule is Cc1cn([C@@H]2O[C@H](COP(=O)(O)OP(=O)(O)OP(=O)(O)O)[C@@H](O)[C@]2(O)CF)c(=O)nc1N. The van der Waals surface area contributed by atoms with Crippen LogP contribution in [0.4, 0.5) is 10.2 Å². The molecule has 0 aromatic carbocycles. The number of alkyl halides is 1. The van der Waals surface area contributed by atoms with E-state index in [1.54, 1.807) is 0 Å². The Morgan fingerprint density at radius 2 is 1.84 bits per heavy atom. The molecule has 6 atom stereocenters. The fourth-order valence-electron chi connectivity index (χ4n) is 2.63. The van der Waals surface area contributed by atoms with Crippen molar-refractivity contribution in [1.82, 2.24) is 9.55 Å². The molecule has 184 valence electrons. The second-order valence-corrected chi connectivity index (χ2v) is 10.9. The molecule has 1 aromatic rings. The maximum absolute atomic E-state index is 13.6. The molecule has 1 aliphatic heterocycles. The second-order valence-electron chi connectivity index (χ2n) is 6.48. The number of aryl methyl sites for hydroxylation is 1. The van der Waals surface area contributed by atoms with Crippen molar-refractivity contribution in [3.63, 3.8) is 0 Å². The van der Waals surface area contributed by atoms with Crippen molar-refractivity contribution < 1.29 is 65.8 Å². The van der Waals surface area contributed by atoms with E-state index < -0.39 is 66.5 Å². The quantitative estimate of drug-likeness (QED) is 0.178. The highest BCUT2D eigenvalue weighted by Crippen LogP contribution is 2.66. The number of aliphatic hydroxyl groups is 2. The Balaban J connectivity index is 2.21. The van der Waals surface area contributed by atoms with Crippen molar-refractivity contribution in [2.45, 2.75) is 31.0 Å². The Hall–Kier alpha value is -1.10. The van der Waals surface area contributed by atoms with Gasteiger partial charge in [-0.15, -0.1) is 0 Å². The molecule has 2 rings (SSSR count). The van der Waals surface area contributed by atoms with E-state index in [9.17, 15) is 38.0 Å². The monoisotopic (exact) mass is 529 g/mol. The Morgan fingerprint density at radius 3 is 2.38 bits per heavy atom. The van der Waals surface area contributed by atoms with Crippen LogP contribution in [-0.4, -0.2) is 70.4 Å². The third-order valence-electron chi connectivity index (χ3n) is 4.05. The fraction of sp³-hybridized carbons (Fsp3) is 0.636. The molecule has 17 nitrogen and oxygen atoms in total. The number of ether oxygens (including phenoxy) is 1. The topological polar surface area (TPSA) is 270 Å². The van der Waals surface area contributed by atoms with Crippen LogP contribution in [0.25, 0.3) is 0 Å². The largest absolute Gasteiger partial charge is 0.490 e. The lowest BCUT2D eigenvalue weighted by Gasteiger charge is -2.29. The Bertz CT molecular complexity index is 1060. The number of anilines is 1. The summed E-state index contributed by atoms with van der Waals surface area (Å²) in [4.78, 5) is 51.1. The van der Waals surface area contributed by atoms with Crippen molar-refractivity contribution >= 4 is 29.3 Å². The molecule has 2 unspecified atom stereocenters. The lowest BCUT2D eigenvalue weighted by Crippen LogP contribution is -2.50. The summed E-state index contributed by atoms with van der Waals surface area (Å²) >= 11 is 0. The standard InChI is InChI=1S/C11H19FN3O14P3/c1-5-2-15(10(17)14-8(5)13)9-11(18,4-12)7(16)6(27-9)3-26-31(22,23)29-32(24,25)28-30(19,20)21/h2,6-7,9,16,18H,3-4H2,1H3,(H,22,23)(H,24,25)(H2,13,14,17)(H2,19,20,21)/t6-,7-,9-,11-/m1/s1. The summed E-state index contributed by atoms with van der Waals surface area (Å²) in [6.07, 6.45) is -4.84. The molecule has 0 spiro atoms. The second kappa shape index (κ2) is 9.27. The number of aliphatic hydroxyl groups excluding tert-OH is 1. The van der Waals surface area contributed by atoms with E-state index in [-0.39, 0.29) is 11.4 Å². The van der Waals surface area contributed by atoms with Crippen LogP contribution in [0.2, 0.25) is 0 Å². The van der Waals surface area contributed by atoms with Gasteiger partial charge in [0, 0.05) is 11.8 Å². The van der Waals surface area contributed by atoms with Crippen molar-refractivity contribution in [2.24, 2.45) is 0 Å². The Labute approximate surface area is 177 Å². The van der Waals surface area contributed by atoms with E-state index in [1.165, 1.54) is 6.92 Å². The lowest BCUT2D eigenvalue weighted by atomic mass is 9.95. The van der Waals surface area contributed by atoms with Crippen LogP contribution in [0.15, 0.2) is 11.0 Å². The van der Waals surface area contributed by atoms with Gasteiger partial charge in [-0.3, -0.25) is 9.09 Å².